The zero-order valence-corrected chi connectivity index (χ0v) is 11.3. The quantitative estimate of drug-likeness (QED) is 0.426. The molecule has 1 aromatic carbocycles. The van der Waals surface area contributed by atoms with Gasteiger partial charge in [0.25, 0.3) is 15.7 Å². The minimum absolute atomic E-state index is 0.0150. The Hall–Kier alpha value is -2.59. The van der Waals surface area contributed by atoms with E-state index in [-0.39, 0.29) is 34.5 Å². The summed E-state index contributed by atoms with van der Waals surface area (Å²) in [6.07, 6.45) is 0. The summed E-state index contributed by atoms with van der Waals surface area (Å²) in [7, 11) is -3.93. The second-order valence-electron chi connectivity index (χ2n) is 4.08. The topological polar surface area (TPSA) is 149 Å². The summed E-state index contributed by atoms with van der Waals surface area (Å²) in [5.41, 5.74) is -0.153. The fourth-order valence-electron chi connectivity index (χ4n) is 1.61. The lowest BCUT2D eigenvalue weighted by Crippen LogP contribution is -2.10. The first-order valence-corrected chi connectivity index (χ1v) is 7.15. The van der Waals surface area contributed by atoms with Crippen LogP contribution in [0.25, 0.3) is 0 Å². The molecule has 0 amide bonds. The van der Waals surface area contributed by atoms with E-state index in [2.05, 4.69) is 5.32 Å². The third kappa shape index (κ3) is 3.49. The van der Waals surface area contributed by atoms with E-state index in [1.54, 1.807) is 0 Å². The van der Waals surface area contributed by atoms with Crippen molar-refractivity contribution in [3.8, 4) is 5.75 Å². The molecule has 1 heterocycles. The Balaban J connectivity index is 2.17. The van der Waals surface area contributed by atoms with Gasteiger partial charge in [0.1, 0.15) is 17.2 Å². The lowest BCUT2D eigenvalue weighted by molar-refractivity contribution is -0.384. The van der Waals surface area contributed by atoms with Crippen molar-refractivity contribution in [2.75, 3.05) is 5.32 Å². The molecule has 0 spiro atoms. The zero-order valence-electron chi connectivity index (χ0n) is 10.5. The molecule has 0 unspecified atom stereocenters. The molecule has 0 atom stereocenters. The lowest BCUT2D eigenvalue weighted by atomic mass is 10.2. The number of hydrogen-bond acceptors (Lipinski definition) is 7. The number of furan rings is 1. The van der Waals surface area contributed by atoms with Crippen molar-refractivity contribution in [1.82, 2.24) is 0 Å². The summed E-state index contributed by atoms with van der Waals surface area (Å²) in [6.45, 7) is 0.0150. The van der Waals surface area contributed by atoms with Crippen molar-refractivity contribution < 1.29 is 22.9 Å². The average molecular weight is 313 g/mol. The van der Waals surface area contributed by atoms with Crippen molar-refractivity contribution in [1.29, 1.82) is 0 Å². The van der Waals surface area contributed by atoms with Crippen LogP contribution in [-0.4, -0.2) is 18.4 Å². The summed E-state index contributed by atoms with van der Waals surface area (Å²) < 4.78 is 27.1. The molecule has 4 N–H and O–H groups in total. The molecule has 0 aliphatic rings. The van der Waals surface area contributed by atoms with Gasteiger partial charge in [-0.2, -0.15) is 0 Å². The number of sulfonamides is 1. The molecular weight excluding hydrogens is 302 g/mol. The number of nitro benzene ring substituents is 1. The van der Waals surface area contributed by atoms with E-state index >= 15 is 0 Å². The van der Waals surface area contributed by atoms with Gasteiger partial charge in [0.2, 0.25) is 5.09 Å². The van der Waals surface area contributed by atoms with Crippen LogP contribution in [0.2, 0.25) is 0 Å². The highest BCUT2D eigenvalue weighted by atomic mass is 32.2. The highest BCUT2D eigenvalue weighted by Gasteiger charge is 2.16. The molecule has 21 heavy (non-hydrogen) atoms. The number of phenolic OH excluding ortho intramolecular Hbond substituents is 1. The summed E-state index contributed by atoms with van der Waals surface area (Å²) in [6, 6.07) is 6.20. The van der Waals surface area contributed by atoms with Crippen LogP contribution in [0.3, 0.4) is 0 Å². The van der Waals surface area contributed by atoms with Crippen molar-refractivity contribution in [3.05, 3.63) is 46.2 Å². The number of rotatable bonds is 5. The predicted molar refractivity (Wildman–Crippen MR) is 72.2 cm³/mol. The Bertz CT molecular complexity index is 783. The molecule has 0 bridgehead atoms. The Labute approximate surface area is 119 Å². The van der Waals surface area contributed by atoms with Crippen LogP contribution in [0.15, 0.2) is 39.8 Å². The van der Waals surface area contributed by atoms with Gasteiger partial charge >= 0.3 is 0 Å². The monoisotopic (exact) mass is 313 g/mol. The lowest BCUT2D eigenvalue weighted by Gasteiger charge is -2.05. The van der Waals surface area contributed by atoms with Crippen molar-refractivity contribution in [2.24, 2.45) is 5.14 Å². The molecule has 0 radical (unpaired) electrons. The number of anilines is 1. The number of aromatic hydroxyl groups is 1. The van der Waals surface area contributed by atoms with Crippen LogP contribution in [-0.2, 0) is 16.6 Å². The van der Waals surface area contributed by atoms with Crippen LogP contribution >= 0.6 is 0 Å². The SMILES string of the molecule is NS(=O)(=O)c1ccc(CNc2ccc(O)cc2[N+](=O)[O-])o1. The van der Waals surface area contributed by atoms with Gasteiger partial charge in [-0.05, 0) is 24.3 Å². The number of nitrogens with one attached hydrogen (secondary N) is 1. The Morgan fingerprint density at radius 3 is 2.62 bits per heavy atom. The number of phenols is 1. The van der Waals surface area contributed by atoms with Gasteiger partial charge in [-0.15, -0.1) is 0 Å². The molecule has 0 saturated carbocycles. The second kappa shape index (κ2) is 5.42. The molecular formula is C11H11N3O6S. The van der Waals surface area contributed by atoms with Gasteiger partial charge in [0.05, 0.1) is 17.5 Å². The van der Waals surface area contributed by atoms with Crippen LogP contribution in [0, 0.1) is 10.1 Å². The molecule has 2 aromatic rings. The maximum absolute atomic E-state index is 11.0. The summed E-state index contributed by atoms with van der Waals surface area (Å²) >= 11 is 0. The van der Waals surface area contributed by atoms with E-state index in [0.717, 1.165) is 6.07 Å². The first-order valence-electron chi connectivity index (χ1n) is 5.60. The molecule has 10 heteroatoms. The molecule has 1 aromatic heterocycles. The van der Waals surface area contributed by atoms with E-state index < -0.39 is 14.9 Å². The van der Waals surface area contributed by atoms with Gasteiger partial charge in [0.15, 0.2) is 0 Å². The van der Waals surface area contributed by atoms with E-state index in [1.807, 2.05) is 0 Å². The Kier molecular flexibility index (Phi) is 3.82. The molecule has 112 valence electrons. The smallest absolute Gasteiger partial charge is 0.296 e. The highest BCUT2D eigenvalue weighted by molar-refractivity contribution is 7.89. The van der Waals surface area contributed by atoms with E-state index in [9.17, 15) is 23.6 Å². The van der Waals surface area contributed by atoms with Crippen molar-refractivity contribution in [3.63, 3.8) is 0 Å². The fourth-order valence-corrected chi connectivity index (χ4v) is 2.09. The van der Waals surface area contributed by atoms with Crippen LogP contribution < -0.4 is 10.5 Å². The Morgan fingerprint density at radius 1 is 1.33 bits per heavy atom. The normalized spacial score (nSPS) is 11.3. The molecule has 9 nitrogen and oxygen atoms in total. The third-order valence-corrected chi connectivity index (χ3v) is 3.33. The van der Waals surface area contributed by atoms with Crippen LogP contribution in [0.1, 0.15) is 5.76 Å². The summed E-state index contributed by atoms with van der Waals surface area (Å²) in [4.78, 5) is 10.2. The van der Waals surface area contributed by atoms with Gasteiger partial charge in [-0.3, -0.25) is 10.1 Å². The number of nitrogens with two attached hydrogens (primary N) is 1. The second-order valence-corrected chi connectivity index (χ2v) is 5.57. The molecule has 2 rings (SSSR count). The minimum Gasteiger partial charge on any atom is -0.508 e. The molecule has 0 aliphatic heterocycles. The number of benzene rings is 1. The van der Waals surface area contributed by atoms with E-state index in [1.165, 1.54) is 24.3 Å². The van der Waals surface area contributed by atoms with Crippen LogP contribution in [0.5, 0.6) is 5.75 Å². The number of hydrogen-bond donors (Lipinski definition) is 3. The number of primary sulfonamides is 1. The van der Waals surface area contributed by atoms with E-state index in [0.29, 0.717) is 0 Å². The van der Waals surface area contributed by atoms with Gasteiger partial charge < -0.3 is 14.8 Å². The van der Waals surface area contributed by atoms with Gasteiger partial charge in [0, 0.05) is 0 Å². The van der Waals surface area contributed by atoms with Gasteiger partial charge in [-0.1, -0.05) is 0 Å². The fraction of sp³-hybridized carbons (Fsp3) is 0.0909. The summed E-state index contributed by atoms with van der Waals surface area (Å²) in [5, 5.41) is 27.3. The highest BCUT2D eigenvalue weighted by Crippen LogP contribution is 2.28. The standard InChI is InChI=1S/C11H11N3O6S/c12-21(18,19)11-4-2-8(20-11)6-13-9-3-1-7(15)5-10(9)14(16)17/h1-5,13,15H,6H2,(H2,12,18,19). The predicted octanol–water partition coefficient (Wildman–Crippen LogP) is 1.15. The molecule has 0 saturated heterocycles. The third-order valence-electron chi connectivity index (χ3n) is 2.55. The summed E-state index contributed by atoms with van der Waals surface area (Å²) in [5.74, 6) is 0.00292. The van der Waals surface area contributed by atoms with E-state index in [4.69, 9.17) is 9.56 Å². The molecule has 0 aliphatic carbocycles. The average Bonchev–Trinajstić information content (AvgIpc) is 2.85. The first kappa shape index (κ1) is 14.8. The van der Waals surface area contributed by atoms with Crippen molar-refractivity contribution in [2.45, 2.75) is 11.6 Å². The Morgan fingerprint density at radius 2 is 2.05 bits per heavy atom. The number of nitro groups is 1. The maximum Gasteiger partial charge on any atom is 0.296 e. The largest absolute Gasteiger partial charge is 0.508 e. The van der Waals surface area contributed by atoms with Crippen molar-refractivity contribution >= 4 is 21.4 Å². The molecule has 0 fully saturated rings. The minimum atomic E-state index is -3.93. The van der Waals surface area contributed by atoms with Gasteiger partial charge in [-0.25, -0.2) is 13.6 Å². The number of nitrogens with zero attached hydrogens (tertiary/aromatic N) is 1. The first-order chi connectivity index (χ1) is 9.77. The zero-order chi connectivity index (χ0) is 15.6. The maximum atomic E-state index is 11.0. The van der Waals surface area contributed by atoms with Crippen LogP contribution in [0.4, 0.5) is 11.4 Å².